The molecular formula is C16H24ClN3O2. The van der Waals surface area contributed by atoms with Crippen LogP contribution >= 0.6 is 12.4 Å². The van der Waals surface area contributed by atoms with Gasteiger partial charge < -0.3 is 14.9 Å². The van der Waals surface area contributed by atoms with Crippen LogP contribution in [0.15, 0.2) is 4.52 Å². The van der Waals surface area contributed by atoms with Gasteiger partial charge in [0.05, 0.1) is 12.1 Å². The van der Waals surface area contributed by atoms with Gasteiger partial charge in [-0.25, -0.2) is 0 Å². The van der Waals surface area contributed by atoms with Crippen molar-refractivity contribution >= 4 is 12.4 Å². The molecule has 2 heterocycles. The molecule has 4 bridgehead atoms. The lowest BCUT2D eigenvalue weighted by molar-refractivity contribution is -0.0103. The van der Waals surface area contributed by atoms with Crippen molar-refractivity contribution in [2.24, 2.45) is 17.8 Å². The highest BCUT2D eigenvalue weighted by atomic mass is 35.5. The molecule has 122 valence electrons. The molecule has 0 radical (unpaired) electrons. The van der Waals surface area contributed by atoms with Crippen LogP contribution in [0.3, 0.4) is 0 Å². The second-order valence-corrected chi connectivity index (χ2v) is 8.00. The van der Waals surface area contributed by atoms with E-state index in [0.29, 0.717) is 18.9 Å². The molecule has 1 saturated heterocycles. The Hall–Kier alpha value is -0.650. The summed E-state index contributed by atoms with van der Waals surface area (Å²) in [4.78, 5) is 4.77. The lowest BCUT2D eigenvalue weighted by atomic mass is 9.49. The molecular weight excluding hydrogens is 302 g/mol. The van der Waals surface area contributed by atoms with Gasteiger partial charge in [0, 0.05) is 12.0 Å². The molecule has 0 aromatic carbocycles. The van der Waals surface area contributed by atoms with E-state index in [1.165, 1.54) is 38.5 Å². The first-order chi connectivity index (χ1) is 10.2. The van der Waals surface area contributed by atoms with Crippen LogP contribution < -0.4 is 5.32 Å². The maximum atomic E-state index is 9.65. The number of β-amino-alcohol motifs (C(OH)–C–C–N with tert-alkyl or cyclic N) is 1. The van der Waals surface area contributed by atoms with Crippen molar-refractivity contribution in [3.63, 3.8) is 0 Å². The molecule has 4 aliphatic carbocycles. The fourth-order valence-electron chi connectivity index (χ4n) is 5.88. The van der Waals surface area contributed by atoms with Crippen molar-refractivity contribution in [3.8, 4) is 0 Å². The van der Waals surface area contributed by atoms with Gasteiger partial charge in [0.1, 0.15) is 0 Å². The summed E-state index contributed by atoms with van der Waals surface area (Å²) >= 11 is 0. The fourth-order valence-corrected chi connectivity index (χ4v) is 5.88. The molecule has 6 heteroatoms. The summed E-state index contributed by atoms with van der Waals surface area (Å²) in [5.41, 5.74) is 0.202. The van der Waals surface area contributed by atoms with E-state index >= 15 is 0 Å². The predicted molar refractivity (Wildman–Crippen MR) is 82.8 cm³/mol. The van der Waals surface area contributed by atoms with Crippen LogP contribution in [0.25, 0.3) is 0 Å². The topological polar surface area (TPSA) is 71.2 Å². The molecule has 1 aromatic rings. The van der Waals surface area contributed by atoms with E-state index in [9.17, 15) is 5.11 Å². The molecule has 2 atom stereocenters. The van der Waals surface area contributed by atoms with Crippen LogP contribution in [0.4, 0.5) is 0 Å². The molecule has 5 aliphatic rings. The molecule has 0 amide bonds. The van der Waals surface area contributed by atoms with Gasteiger partial charge in [0.15, 0.2) is 5.82 Å². The minimum atomic E-state index is -0.287. The van der Waals surface area contributed by atoms with Gasteiger partial charge >= 0.3 is 0 Å². The van der Waals surface area contributed by atoms with Crippen LogP contribution in [0, 0.1) is 17.8 Å². The van der Waals surface area contributed by atoms with Gasteiger partial charge in [0.2, 0.25) is 5.89 Å². The van der Waals surface area contributed by atoms with Crippen molar-refractivity contribution in [1.82, 2.24) is 15.5 Å². The van der Waals surface area contributed by atoms with Crippen molar-refractivity contribution in [1.29, 1.82) is 0 Å². The molecule has 5 fully saturated rings. The Labute approximate surface area is 136 Å². The normalized spacial score (nSPS) is 46.0. The third-order valence-corrected chi connectivity index (χ3v) is 6.36. The lowest BCUT2D eigenvalue weighted by Gasteiger charge is -2.55. The summed E-state index contributed by atoms with van der Waals surface area (Å²) in [6.07, 6.45) is 8.48. The molecule has 1 aromatic heterocycles. The number of hydrogen-bond acceptors (Lipinski definition) is 5. The fraction of sp³-hybridized carbons (Fsp3) is 0.875. The van der Waals surface area contributed by atoms with E-state index < -0.39 is 0 Å². The van der Waals surface area contributed by atoms with Crippen molar-refractivity contribution in [3.05, 3.63) is 11.7 Å². The number of nitrogens with zero attached hydrogens (tertiary/aromatic N) is 2. The SMILES string of the molecule is Cl.O[C@@H]1CN[C@H](c2nc(C34CC5CC(CC(C5)C3)C4)no2)C1. The van der Waals surface area contributed by atoms with Crippen molar-refractivity contribution in [2.45, 2.75) is 62.5 Å². The Morgan fingerprint density at radius 1 is 1.05 bits per heavy atom. The number of aromatic nitrogens is 2. The van der Waals surface area contributed by atoms with Crippen molar-refractivity contribution in [2.75, 3.05) is 6.54 Å². The van der Waals surface area contributed by atoms with Crippen molar-refractivity contribution < 1.29 is 9.63 Å². The minimum absolute atomic E-state index is 0. The van der Waals surface area contributed by atoms with Gasteiger partial charge in [-0.3, -0.25) is 0 Å². The summed E-state index contributed by atoms with van der Waals surface area (Å²) < 4.78 is 5.55. The lowest BCUT2D eigenvalue weighted by Crippen LogP contribution is -2.49. The average molecular weight is 326 g/mol. The van der Waals surface area contributed by atoms with E-state index in [2.05, 4.69) is 10.5 Å². The number of aliphatic hydroxyl groups is 1. The second kappa shape index (κ2) is 5.18. The number of aliphatic hydroxyl groups excluding tert-OH is 1. The smallest absolute Gasteiger partial charge is 0.243 e. The first kappa shape index (κ1) is 14.9. The monoisotopic (exact) mass is 325 g/mol. The summed E-state index contributed by atoms with van der Waals surface area (Å²) in [6.45, 7) is 0.625. The molecule has 4 saturated carbocycles. The zero-order valence-corrected chi connectivity index (χ0v) is 13.5. The zero-order valence-electron chi connectivity index (χ0n) is 12.7. The third kappa shape index (κ3) is 2.21. The standard InChI is InChI=1S/C16H23N3O2.ClH/c20-12-4-13(17-8-12)14-18-15(19-21-14)16-5-9-1-10(6-16)3-11(2-9)7-16;/h9-13,17,20H,1-8H2;1H/t9?,10?,11?,12-,13-,16?;/m0./s1. The van der Waals surface area contributed by atoms with E-state index in [1.54, 1.807) is 0 Å². The van der Waals surface area contributed by atoms with E-state index in [-0.39, 0.29) is 30.0 Å². The zero-order chi connectivity index (χ0) is 14.0. The van der Waals surface area contributed by atoms with Gasteiger partial charge in [-0.2, -0.15) is 4.98 Å². The van der Waals surface area contributed by atoms with E-state index in [1.807, 2.05) is 0 Å². The van der Waals surface area contributed by atoms with Gasteiger partial charge in [-0.1, -0.05) is 5.16 Å². The average Bonchev–Trinajstić information content (AvgIpc) is 3.05. The van der Waals surface area contributed by atoms with Crippen LogP contribution in [0.1, 0.15) is 62.7 Å². The van der Waals surface area contributed by atoms with Gasteiger partial charge in [-0.05, 0) is 62.7 Å². The highest BCUT2D eigenvalue weighted by Crippen LogP contribution is 2.60. The number of hydrogen-bond donors (Lipinski definition) is 2. The Bertz CT molecular complexity index is 526. The molecule has 0 spiro atoms. The van der Waals surface area contributed by atoms with E-state index in [4.69, 9.17) is 9.51 Å². The summed E-state index contributed by atoms with van der Waals surface area (Å²) in [7, 11) is 0. The molecule has 0 unspecified atom stereocenters. The maximum Gasteiger partial charge on any atom is 0.243 e. The molecule has 5 nitrogen and oxygen atoms in total. The number of nitrogens with one attached hydrogen (secondary N) is 1. The highest BCUT2D eigenvalue weighted by Gasteiger charge is 2.54. The van der Waals surface area contributed by atoms with Gasteiger partial charge in [-0.15, -0.1) is 12.4 Å². The van der Waals surface area contributed by atoms with Gasteiger partial charge in [0.25, 0.3) is 0 Å². The Morgan fingerprint density at radius 2 is 1.68 bits per heavy atom. The van der Waals surface area contributed by atoms with Crippen LogP contribution in [0.2, 0.25) is 0 Å². The Morgan fingerprint density at radius 3 is 2.23 bits per heavy atom. The van der Waals surface area contributed by atoms with Crippen LogP contribution in [-0.2, 0) is 5.41 Å². The number of rotatable bonds is 2. The van der Waals surface area contributed by atoms with E-state index in [0.717, 1.165) is 23.6 Å². The molecule has 6 rings (SSSR count). The highest BCUT2D eigenvalue weighted by molar-refractivity contribution is 5.85. The maximum absolute atomic E-state index is 9.65. The largest absolute Gasteiger partial charge is 0.392 e. The first-order valence-electron chi connectivity index (χ1n) is 8.46. The third-order valence-electron chi connectivity index (χ3n) is 6.36. The Kier molecular flexibility index (Phi) is 3.51. The quantitative estimate of drug-likeness (QED) is 0.873. The summed E-state index contributed by atoms with van der Waals surface area (Å²) in [6, 6.07) is 0.0372. The summed E-state index contributed by atoms with van der Waals surface area (Å²) in [5, 5.41) is 17.3. The predicted octanol–water partition coefficient (Wildman–Crippen LogP) is 2.35. The second-order valence-electron chi connectivity index (χ2n) is 8.00. The van der Waals surface area contributed by atoms with Crippen LogP contribution in [0.5, 0.6) is 0 Å². The minimum Gasteiger partial charge on any atom is -0.392 e. The first-order valence-corrected chi connectivity index (χ1v) is 8.46. The number of halogens is 1. The molecule has 1 aliphatic heterocycles. The Balaban J connectivity index is 0.00000125. The molecule has 2 N–H and O–H groups in total. The summed E-state index contributed by atoms with van der Waals surface area (Å²) in [5.74, 6) is 4.32. The molecule has 22 heavy (non-hydrogen) atoms. The van der Waals surface area contributed by atoms with Crippen LogP contribution in [-0.4, -0.2) is 27.9 Å².